The highest BCUT2D eigenvalue weighted by molar-refractivity contribution is 7.89. The lowest BCUT2D eigenvalue weighted by Gasteiger charge is -2.22. The number of alkyl halides is 3. The van der Waals surface area contributed by atoms with Gasteiger partial charge in [0.2, 0.25) is 10.0 Å². The van der Waals surface area contributed by atoms with Crippen LogP contribution in [0.2, 0.25) is 0 Å². The lowest BCUT2D eigenvalue weighted by Crippen LogP contribution is -2.33. The first-order valence-corrected chi connectivity index (χ1v) is 9.06. The maximum atomic E-state index is 13.4. The molecule has 0 spiro atoms. The van der Waals surface area contributed by atoms with Gasteiger partial charge in [-0.1, -0.05) is 30.3 Å². The third-order valence-corrected chi connectivity index (χ3v) is 5.88. The summed E-state index contributed by atoms with van der Waals surface area (Å²) in [6, 6.07) is 10.3. The number of rotatable bonds is 5. The zero-order chi connectivity index (χ0) is 18.2. The van der Waals surface area contributed by atoms with E-state index in [1.165, 1.54) is 4.31 Å². The van der Waals surface area contributed by atoms with Crippen molar-refractivity contribution in [1.29, 1.82) is 0 Å². The predicted octanol–water partition coefficient (Wildman–Crippen LogP) is 4.20. The maximum Gasteiger partial charge on any atom is 0.419 e. The van der Waals surface area contributed by atoms with Crippen molar-refractivity contribution in [2.75, 3.05) is 0 Å². The lowest BCUT2D eigenvalue weighted by atomic mass is 10.2. The summed E-state index contributed by atoms with van der Waals surface area (Å²) in [6.07, 6.45) is -3.65. The maximum absolute atomic E-state index is 13.4. The summed E-state index contributed by atoms with van der Waals surface area (Å²) in [5.41, 5.74) is -0.847. The van der Waals surface area contributed by atoms with Crippen molar-refractivity contribution in [3.63, 3.8) is 0 Å². The van der Waals surface area contributed by atoms with Crippen molar-refractivity contribution >= 4 is 10.0 Å². The van der Waals surface area contributed by atoms with Crippen LogP contribution >= 0.6 is 0 Å². The van der Waals surface area contributed by atoms with Gasteiger partial charge in [0.05, 0.1) is 10.5 Å². The topological polar surface area (TPSA) is 37.4 Å². The Bertz CT molecular complexity index is 862. The first kappa shape index (κ1) is 17.9. The zero-order valence-electron chi connectivity index (χ0n) is 13.0. The molecule has 0 unspecified atom stereocenters. The van der Waals surface area contributed by atoms with Crippen LogP contribution in [-0.2, 0) is 22.7 Å². The average molecular weight is 373 g/mol. The molecule has 1 saturated carbocycles. The second-order valence-electron chi connectivity index (χ2n) is 5.91. The lowest BCUT2D eigenvalue weighted by molar-refractivity contribution is -0.140. The molecule has 2 aromatic rings. The van der Waals surface area contributed by atoms with Crippen LogP contribution in [0, 0.1) is 5.82 Å². The van der Waals surface area contributed by atoms with E-state index in [0.717, 1.165) is 11.6 Å². The van der Waals surface area contributed by atoms with Crippen molar-refractivity contribution in [2.45, 2.75) is 36.5 Å². The van der Waals surface area contributed by atoms with Crippen LogP contribution in [0.25, 0.3) is 0 Å². The first-order chi connectivity index (χ1) is 11.7. The summed E-state index contributed by atoms with van der Waals surface area (Å²) in [5.74, 6) is -1.49. The molecule has 134 valence electrons. The molecule has 0 heterocycles. The van der Waals surface area contributed by atoms with E-state index >= 15 is 0 Å². The van der Waals surface area contributed by atoms with E-state index in [4.69, 9.17) is 0 Å². The fourth-order valence-electron chi connectivity index (χ4n) is 2.55. The van der Waals surface area contributed by atoms with Gasteiger partial charge in [0.1, 0.15) is 5.82 Å². The Morgan fingerprint density at radius 1 is 1.04 bits per heavy atom. The summed E-state index contributed by atoms with van der Waals surface area (Å²) in [7, 11) is -4.17. The third-order valence-electron chi connectivity index (χ3n) is 3.99. The third kappa shape index (κ3) is 3.85. The van der Waals surface area contributed by atoms with Crippen LogP contribution in [0.15, 0.2) is 53.4 Å². The van der Waals surface area contributed by atoms with Gasteiger partial charge in [0, 0.05) is 12.6 Å². The number of sulfonamides is 1. The molecule has 0 amide bonds. The number of halogens is 4. The molecule has 1 fully saturated rings. The van der Waals surface area contributed by atoms with E-state index in [-0.39, 0.29) is 12.6 Å². The Labute approximate surface area is 142 Å². The molecular weight excluding hydrogens is 358 g/mol. The zero-order valence-corrected chi connectivity index (χ0v) is 13.8. The van der Waals surface area contributed by atoms with Gasteiger partial charge in [0.25, 0.3) is 0 Å². The van der Waals surface area contributed by atoms with E-state index in [2.05, 4.69) is 0 Å². The van der Waals surface area contributed by atoms with E-state index in [9.17, 15) is 26.0 Å². The minimum atomic E-state index is -4.96. The molecule has 0 saturated heterocycles. The second kappa shape index (κ2) is 6.42. The Kier molecular flexibility index (Phi) is 4.59. The standard InChI is InChI=1S/C17H15F4NO2S/c18-16-9-8-14(10-15(16)17(19,20)21)25(23,24)22(13-6-7-13)11-12-4-2-1-3-5-12/h1-5,8-10,13H,6-7,11H2. The van der Waals surface area contributed by atoms with Gasteiger partial charge in [-0.05, 0) is 36.6 Å². The molecule has 8 heteroatoms. The monoisotopic (exact) mass is 373 g/mol. The Balaban J connectivity index is 1.99. The van der Waals surface area contributed by atoms with Gasteiger partial charge in [-0.2, -0.15) is 17.5 Å². The van der Waals surface area contributed by atoms with Crippen LogP contribution in [0.5, 0.6) is 0 Å². The highest BCUT2D eigenvalue weighted by atomic mass is 32.2. The van der Waals surface area contributed by atoms with E-state index in [0.29, 0.717) is 25.0 Å². The quantitative estimate of drug-likeness (QED) is 0.737. The average Bonchev–Trinajstić information content (AvgIpc) is 3.37. The van der Waals surface area contributed by atoms with Crippen molar-refractivity contribution < 1.29 is 26.0 Å². The highest BCUT2D eigenvalue weighted by Crippen LogP contribution is 2.36. The van der Waals surface area contributed by atoms with Crippen LogP contribution in [-0.4, -0.2) is 18.8 Å². The molecule has 3 nitrogen and oxygen atoms in total. The Hall–Kier alpha value is -1.93. The Morgan fingerprint density at radius 2 is 1.68 bits per heavy atom. The largest absolute Gasteiger partial charge is 0.419 e. The summed E-state index contributed by atoms with van der Waals surface area (Å²) in [6.45, 7) is 0.0621. The first-order valence-electron chi connectivity index (χ1n) is 7.62. The van der Waals surface area contributed by atoms with Crippen LogP contribution in [0.4, 0.5) is 17.6 Å². The van der Waals surface area contributed by atoms with Crippen molar-refractivity contribution in [3.05, 3.63) is 65.5 Å². The van der Waals surface area contributed by atoms with Gasteiger partial charge in [-0.25, -0.2) is 12.8 Å². The predicted molar refractivity (Wildman–Crippen MR) is 83.6 cm³/mol. The van der Waals surface area contributed by atoms with Crippen LogP contribution < -0.4 is 0 Å². The molecule has 0 N–H and O–H groups in total. The molecule has 25 heavy (non-hydrogen) atoms. The summed E-state index contributed by atoms with van der Waals surface area (Å²) in [4.78, 5) is -0.552. The normalized spacial score (nSPS) is 15.6. The van der Waals surface area contributed by atoms with Gasteiger partial charge in [-0.15, -0.1) is 0 Å². The van der Waals surface area contributed by atoms with Crippen molar-refractivity contribution in [2.24, 2.45) is 0 Å². The molecule has 1 aliphatic rings. The minimum Gasteiger partial charge on any atom is -0.207 e. The summed E-state index contributed by atoms with van der Waals surface area (Å²) in [5, 5.41) is 0. The molecule has 2 aromatic carbocycles. The molecule has 3 rings (SSSR count). The van der Waals surface area contributed by atoms with Crippen LogP contribution in [0.3, 0.4) is 0 Å². The fourth-order valence-corrected chi connectivity index (χ4v) is 4.25. The van der Waals surface area contributed by atoms with Gasteiger partial charge < -0.3 is 0 Å². The van der Waals surface area contributed by atoms with E-state index in [1.54, 1.807) is 30.3 Å². The fraction of sp³-hybridized carbons (Fsp3) is 0.294. The van der Waals surface area contributed by atoms with E-state index < -0.39 is 32.5 Å². The number of benzene rings is 2. The molecule has 0 aliphatic heterocycles. The van der Waals surface area contributed by atoms with Gasteiger partial charge >= 0.3 is 6.18 Å². The number of hydrogen-bond donors (Lipinski definition) is 0. The highest BCUT2D eigenvalue weighted by Gasteiger charge is 2.40. The summed E-state index contributed by atoms with van der Waals surface area (Å²) < 4.78 is 79.0. The smallest absolute Gasteiger partial charge is 0.207 e. The van der Waals surface area contributed by atoms with Crippen molar-refractivity contribution in [3.8, 4) is 0 Å². The van der Waals surface area contributed by atoms with Gasteiger partial charge in [-0.3, -0.25) is 0 Å². The number of nitrogens with zero attached hydrogens (tertiary/aromatic N) is 1. The Morgan fingerprint density at radius 3 is 2.24 bits per heavy atom. The molecule has 1 aliphatic carbocycles. The minimum absolute atomic E-state index is 0.0621. The number of hydrogen-bond acceptors (Lipinski definition) is 2. The summed E-state index contributed by atoms with van der Waals surface area (Å²) >= 11 is 0. The molecule has 0 radical (unpaired) electrons. The molecule has 0 bridgehead atoms. The van der Waals surface area contributed by atoms with Gasteiger partial charge in [0.15, 0.2) is 0 Å². The molecular formula is C17H15F4NO2S. The second-order valence-corrected chi connectivity index (χ2v) is 7.80. The van der Waals surface area contributed by atoms with Crippen LogP contribution in [0.1, 0.15) is 24.0 Å². The van der Waals surface area contributed by atoms with E-state index in [1.807, 2.05) is 0 Å². The molecule has 0 aromatic heterocycles. The SMILES string of the molecule is O=S(=O)(c1ccc(F)c(C(F)(F)F)c1)N(Cc1ccccc1)C1CC1. The molecule has 0 atom stereocenters. The van der Waals surface area contributed by atoms with Crippen molar-refractivity contribution in [1.82, 2.24) is 4.31 Å².